The number of rotatable bonds is 3. The lowest BCUT2D eigenvalue weighted by Crippen LogP contribution is -2.14. The summed E-state index contributed by atoms with van der Waals surface area (Å²) < 4.78 is 5.88. The number of benzene rings is 1. The highest BCUT2D eigenvalue weighted by Gasteiger charge is 2.14. The number of ether oxygens (including phenoxy) is 1. The summed E-state index contributed by atoms with van der Waals surface area (Å²) in [6, 6.07) is 7.34. The van der Waals surface area contributed by atoms with Gasteiger partial charge in [-0.3, -0.25) is 0 Å². The van der Waals surface area contributed by atoms with E-state index in [2.05, 4.69) is 4.98 Å². The Labute approximate surface area is 128 Å². The van der Waals surface area contributed by atoms with Crippen LogP contribution in [0.1, 0.15) is 22.4 Å². The molecule has 0 unspecified atom stereocenters. The van der Waals surface area contributed by atoms with E-state index in [0.717, 1.165) is 16.8 Å². The zero-order valence-electron chi connectivity index (χ0n) is 11.5. The first kappa shape index (κ1) is 14.8. The molecule has 2 aromatic rings. The first-order valence-electron chi connectivity index (χ1n) is 6.10. The van der Waals surface area contributed by atoms with E-state index < -0.39 is 0 Å². The third kappa shape index (κ3) is 3.08. The topological polar surface area (TPSA) is 48.1 Å². The first-order chi connectivity index (χ1) is 9.38. The van der Waals surface area contributed by atoms with E-state index in [4.69, 9.17) is 34.3 Å². The van der Waals surface area contributed by atoms with Gasteiger partial charge >= 0.3 is 0 Å². The van der Waals surface area contributed by atoms with Crippen LogP contribution in [-0.4, -0.2) is 9.97 Å². The molecule has 0 saturated carbocycles. The number of hydrogen-bond acceptors (Lipinski definition) is 3. The summed E-state index contributed by atoms with van der Waals surface area (Å²) >= 11 is 11.0. The lowest BCUT2D eigenvalue weighted by molar-refractivity contribution is 0.457. The molecule has 104 valence electrons. The summed E-state index contributed by atoms with van der Waals surface area (Å²) in [7, 11) is 0. The fourth-order valence-electron chi connectivity index (χ4n) is 2.01. The standard InChI is InChI=1S/C15H15ClN2OS/c1-8-7-11(16)4-5-12(8)19-15-13(14(17)20)9(2)6-10(3)18-15/h4-7H,1-3H3,(H2,17,20). The molecular weight excluding hydrogens is 292 g/mol. The van der Waals surface area contributed by atoms with Crippen molar-refractivity contribution in [1.29, 1.82) is 0 Å². The van der Waals surface area contributed by atoms with Gasteiger partial charge in [0.1, 0.15) is 10.7 Å². The van der Waals surface area contributed by atoms with E-state index in [-0.39, 0.29) is 4.99 Å². The van der Waals surface area contributed by atoms with Gasteiger partial charge in [-0.05, 0) is 56.2 Å². The molecule has 1 heterocycles. The Morgan fingerprint density at radius 2 is 1.90 bits per heavy atom. The Hall–Kier alpha value is -1.65. The van der Waals surface area contributed by atoms with Gasteiger partial charge in [0.15, 0.2) is 0 Å². The van der Waals surface area contributed by atoms with Crippen molar-refractivity contribution in [3.8, 4) is 11.6 Å². The Bertz CT molecular complexity index is 686. The van der Waals surface area contributed by atoms with E-state index in [1.54, 1.807) is 12.1 Å². The van der Waals surface area contributed by atoms with Gasteiger partial charge in [-0.25, -0.2) is 4.98 Å². The van der Waals surface area contributed by atoms with Crippen molar-refractivity contribution in [3.05, 3.63) is 51.7 Å². The Balaban J connectivity index is 2.50. The maximum Gasteiger partial charge on any atom is 0.229 e. The van der Waals surface area contributed by atoms with Crippen molar-refractivity contribution >= 4 is 28.8 Å². The van der Waals surface area contributed by atoms with Crippen molar-refractivity contribution in [2.45, 2.75) is 20.8 Å². The van der Waals surface area contributed by atoms with E-state index in [9.17, 15) is 0 Å². The van der Waals surface area contributed by atoms with Crippen molar-refractivity contribution in [2.24, 2.45) is 5.73 Å². The Morgan fingerprint density at radius 3 is 2.50 bits per heavy atom. The molecule has 20 heavy (non-hydrogen) atoms. The minimum atomic E-state index is 0.275. The van der Waals surface area contributed by atoms with Crippen LogP contribution in [0.2, 0.25) is 5.02 Å². The monoisotopic (exact) mass is 306 g/mol. The summed E-state index contributed by atoms with van der Waals surface area (Å²) in [6.45, 7) is 5.76. The molecule has 0 aliphatic heterocycles. The molecule has 1 aromatic heterocycles. The molecule has 0 aliphatic carbocycles. The normalized spacial score (nSPS) is 10.4. The molecule has 0 saturated heterocycles. The van der Waals surface area contributed by atoms with Gasteiger partial charge in [0.2, 0.25) is 5.88 Å². The van der Waals surface area contributed by atoms with Crippen LogP contribution in [0.4, 0.5) is 0 Å². The molecule has 2 rings (SSSR count). The van der Waals surface area contributed by atoms with Crippen LogP contribution in [-0.2, 0) is 0 Å². The summed E-state index contributed by atoms with van der Waals surface area (Å²) in [5.41, 5.74) is 9.16. The summed E-state index contributed by atoms with van der Waals surface area (Å²) in [5, 5.41) is 0.665. The number of thiocarbonyl (C=S) groups is 1. The maximum atomic E-state index is 5.94. The molecule has 2 N–H and O–H groups in total. The van der Waals surface area contributed by atoms with Gasteiger partial charge in [-0.2, -0.15) is 0 Å². The van der Waals surface area contributed by atoms with Gasteiger partial charge in [-0.15, -0.1) is 0 Å². The number of nitrogens with zero attached hydrogens (tertiary/aromatic N) is 1. The minimum absolute atomic E-state index is 0.275. The highest BCUT2D eigenvalue weighted by molar-refractivity contribution is 7.80. The maximum absolute atomic E-state index is 5.94. The minimum Gasteiger partial charge on any atom is -0.438 e. The number of aromatic nitrogens is 1. The summed E-state index contributed by atoms with van der Waals surface area (Å²) in [6.07, 6.45) is 0. The number of nitrogens with two attached hydrogens (primary N) is 1. The third-order valence-electron chi connectivity index (χ3n) is 2.90. The van der Waals surface area contributed by atoms with Crippen molar-refractivity contribution in [1.82, 2.24) is 4.98 Å². The fourth-order valence-corrected chi connectivity index (χ4v) is 2.48. The molecule has 0 atom stereocenters. The van der Waals surface area contributed by atoms with Crippen molar-refractivity contribution in [2.75, 3.05) is 0 Å². The lowest BCUT2D eigenvalue weighted by atomic mass is 10.1. The number of hydrogen-bond donors (Lipinski definition) is 1. The second-order valence-electron chi connectivity index (χ2n) is 4.64. The van der Waals surface area contributed by atoms with Crippen molar-refractivity contribution in [3.63, 3.8) is 0 Å². The van der Waals surface area contributed by atoms with Crippen LogP contribution in [0.25, 0.3) is 0 Å². The van der Waals surface area contributed by atoms with Crippen molar-refractivity contribution < 1.29 is 4.74 Å². The molecule has 0 fully saturated rings. The van der Waals surface area contributed by atoms with Gasteiger partial charge in [-0.1, -0.05) is 23.8 Å². The SMILES string of the molecule is Cc1cc(C)c(C(N)=S)c(Oc2ccc(Cl)cc2C)n1. The molecule has 0 bridgehead atoms. The van der Waals surface area contributed by atoms with Crippen LogP contribution in [0.15, 0.2) is 24.3 Å². The van der Waals surface area contributed by atoms with Crippen LogP contribution < -0.4 is 10.5 Å². The van der Waals surface area contributed by atoms with E-state index in [1.165, 1.54) is 0 Å². The molecule has 0 radical (unpaired) electrons. The van der Waals surface area contributed by atoms with Gasteiger partial charge in [0.05, 0.1) is 5.56 Å². The zero-order chi connectivity index (χ0) is 14.9. The average Bonchev–Trinajstić information content (AvgIpc) is 2.31. The van der Waals surface area contributed by atoms with Gasteiger partial charge < -0.3 is 10.5 Å². The average molecular weight is 307 g/mol. The molecule has 0 aliphatic rings. The molecule has 1 aromatic carbocycles. The largest absolute Gasteiger partial charge is 0.438 e. The summed E-state index contributed by atoms with van der Waals surface area (Å²) in [5.74, 6) is 1.12. The Morgan fingerprint density at radius 1 is 1.20 bits per heavy atom. The summed E-state index contributed by atoms with van der Waals surface area (Å²) in [4.78, 5) is 4.67. The molecule has 0 amide bonds. The smallest absolute Gasteiger partial charge is 0.229 e. The van der Waals surface area contributed by atoms with Crippen LogP contribution >= 0.6 is 23.8 Å². The Kier molecular flexibility index (Phi) is 4.26. The van der Waals surface area contributed by atoms with Crippen LogP contribution in [0, 0.1) is 20.8 Å². The quantitative estimate of drug-likeness (QED) is 0.868. The molecule has 0 spiro atoms. The lowest BCUT2D eigenvalue weighted by Gasteiger charge is -2.14. The number of pyridine rings is 1. The molecule has 5 heteroatoms. The first-order valence-corrected chi connectivity index (χ1v) is 6.89. The predicted octanol–water partition coefficient (Wildman–Crippen LogP) is 4.09. The highest BCUT2D eigenvalue weighted by Crippen LogP contribution is 2.30. The third-order valence-corrected chi connectivity index (χ3v) is 3.34. The predicted molar refractivity (Wildman–Crippen MR) is 85.9 cm³/mol. The van der Waals surface area contributed by atoms with Gasteiger partial charge in [0, 0.05) is 10.7 Å². The highest BCUT2D eigenvalue weighted by atomic mass is 35.5. The zero-order valence-corrected chi connectivity index (χ0v) is 13.1. The fraction of sp³-hybridized carbons (Fsp3) is 0.200. The second kappa shape index (κ2) is 5.77. The van der Waals surface area contributed by atoms with E-state index in [0.29, 0.717) is 22.2 Å². The second-order valence-corrected chi connectivity index (χ2v) is 5.51. The molecular formula is C15H15ClN2OS. The van der Waals surface area contributed by atoms with Gasteiger partial charge in [0.25, 0.3) is 0 Å². The van der Waals surface area contributed by atoms with E-state index >= 15 is 0 Å². The number of halogens is 1. The van der Waals surface area contributed by atoms with Crippen LogP contribution in [0.3, 0.4) is 0 Å². The van der Waals surface area contributed by atoms with Crippen LogP contribution in [0.5, 0.6) is 11.6 Å². The van der Waals surface area contributed by atoms with E-state index in [1.807, 2.05) is 32.9 Å². The number of aryl methyl sites for hydroxylation is 3. The molecule has 3 nitrogen and oxygen atoms in total.